The van der Waals surface area contributed by atoms with Crippen LogP contribution in [0.4, 0.5) is 0 Å². The normalized spacial score (nSPS) is 12.4. The van der Waals surface area contributed by atoms with E-state index in [1.165, 1.54) is 11.1 Å². The fourth-order valence-corrected chi connectivity index (χ4v) is 4.16. The van der Waals surface area contributed by atoms with Crippen molar-refractivity contribution in [1.29, 1.82) is 5.41 Å². The lowest BCUT2D eigenvalue weighted by Gasteiger charge is -2.08. The van der Waals surface area contributed by atoms with Crippen LogP contribution in [0.3, 0.4) is 0 Å². The number of fused-ring (bicyclic) bond motifs is 1. The largest absolute Gasteiger partial charge is 0.397 e. The van der Waals surface area contributed by atoms with Gasteiger partial charge in [-0.3, -0.25) is 4.40 Å². The van der Waals surface area contributed by atoms with Crippen molar-refractivity contribution in [2.45, 2.75) is 6.92 Å². The molecule has 0 aliphatic rings. The zero-order valence-corrected chi connectivity index (χ0v) is 15.1. The smallest absolute Gasteiger partial charge is 0.141 e. The average Bonchev–Trinajstić information content (AvgIpc) is 3.34. The highest BCUT2D eigenvalue weighted by atomic mass is 32.1. The van der Waals surface area contributed by atoms with Crippen LogP contribution < -0.4 is 5.73 Å². The zero-order chi connectivity index (χ0) is 17.4. The number of aryl methyl sites for hydroxylation is 1. The van der Waals surface area contributed by atoms with Gasteiger partial charge >= 0.3 is 0 Å². The molecule has 0 aliphatic carbocycles. The monoisotopic (exact) mass is 365 g/mol. The van der Waals surface area contributed by atoms with Gasteiger partial charge in [0.15, 0.2) is 0 Å². The number of aromatic nitrogens is 3. The molecule has 0 saturated heterocycles. The molecular formula is C18H15N5S2. The van der Waals surface area contributed by atoms with E-state index in [1.807, 2.05) is 53.4 Å². The van der Waals surface area contributed by atoms with Crippen molar-refractivity contribution in [2.75, 3.05) is 0 Å². The average molecular weight is 365 g/mol. The predicted molar refractivity (Wildman–Crippen MR) is 105 cm³/mol. The Labute approximate surface area is 152 Å². The molecule has 0 atom stereocenters. The summed E-state index contributed by atoms with van der Waals surface area (Å²) < 4.78 is 1.99. The SMILES string of the molecule is Cc1ccc(C(N)=C(C=N)c2ccc3ncc(-c4nccs4)n3c2)s1. The number of nitrogens with two attached hydrogens (primary N) is 1. The minimum absolute atomic E-state index is 0.614. The van der Waals surface area contributed by atoms with Crippen molar-refractivity contribution in [3.05, 3.63) is 63.6 Å². The minimum Gasteiger partial charge on any atom is -0.397 e. The van der Waals surface area contributed by atoms with Crippen molar-refractivity contribution in [3.63, 3.8) is 0 Å². The third kappa shape index (κ3) is 2.77. The van der Waals surface area contributed by atoms with E-state index in [0.717, 1.165) is 26.8 Å². The first-order valence-corrected chi connectivity index (χ1v) is 9.31. The van der Waals surface area contributed by atoms with E-state index < -0.39 is 0 Å². The fraction of sp³-hybridized carbons (Fsp3) is 0.0556. The van der Waals surface area contributed by atoms with E-state index in [2.05, 4.69) is 9.97 Å². The second-order valence-electron chi connectivity index (χ2n) is 5.51. The highest BCUT2D eigenvalue weighted by molar-refractivity contribution is 7.13. The van der Waals surface area contributed by atoms with E-state index >= 15 is 0 Å². The van der Waals surface area contributed by atoms with Gasteiger partial charge in [0.1, 0.15) is 16.3 Å². The summed E-state index contributed by atoms with van der Waals surface area (Å²) in [5, 5.41) is 10.7. The summed E-state index contributed by atoms with van der Waals surface area (Å²) in [7, 11) is 0. The quantitative estimate of drug-likeness (QED) is 0.529. The Hall–Kier alpha value is -2.77. The maximum atomic E-state index is 7.85. The molecule has 0 unspecified atom stereocenters. The van der Waals surface area contributed by atoms with Crippen LogP contribution in [0.5, 0.6) is 0 Å². The van der Waals surface area contributed by atoms with Gasteiger partial charge in [0.2, 0.25) is 0 Å². The second kappa shape index (κ2) is 6.27. The summed E-state index contributed by atoms with van der Waals surface area (Å²) in [6.45, 7) is 2.05. The third-order valence-electron chi connectivity index (χ3n) is 3.91. The van der Waals surface area contributed by atoms with Gasteiger partial charge in [0.25, 0.3) is 0 Å². The molecule has 25 heavy (non-hydrogen) atoms. The van der Waals surface area contributed by atoms with Crippen LogP contribution in [-0.4, -0.2) is 20.6 Å². The number of rotatable bonds is 4. The number of imidazole rings is 1. The molecule has 4 aromatic rings. The highest BCUT2D eigenvalue weighted by Gasteiger charge is 2.12. The van der Waals surface area contributed by atoms with E-state index in [-0.39, 0.29) is 0 Å². The standard InChI is InChI=1S/C18H15N5S2/c1-11-2-4-15(25-11)17(20)13(8-19)12-3-5-16-22-9-14(23(16)10-12)18-21-6-7-24-18/h2-10,19H,20H2,1H3. The molecule has 0 spiro atoms. The van der Waals surface area contributed by atoms with Gasteiger partial charge in [-0.05, 0) is 31.2 Å². The van der Waals surface area contributed by atoms with Crippen molar-refractivity contribution in [1.82, 2.24) is 14.4 Å². The molecule has 0 aliphatic heterocycles. The maximum Gasteiger partial charge on any atom is 0.141 e. The Bertz CT molecular complexity index is 1090. The molecule has 3 N–H and O–H groups in total. The summed E-state index contributed by atoms with van der Waals surface area (Å²) in [5.74, 6) is 0. The summed E-state index contributed by atoms with van der Waals surface area (Å²) in [5.41, 5.74) is 10.3. The Morgan fingerprint density at radius 1 is 1.24 bits per heavy atom. The minimum atomic E-state index is 0.614. The number of pyridine rings is 1. The van der Waals surface area contributed by atoms with Crippen molar-refractivity contribution >= 4 is 45.8 Å². The van der Waals surface area contributed by atoms with Crippen LogP contribution in [0.2, 0.25) is 0 Å². The van der Waals surface area contributed by atoms with Gasteiger partial charge in [-0.25, -0.2) is 9.97 Å². The molecule has 0 radical (unpaired) electrons. The van der Waals surface area contributed by atoms with E-state index in [9.17, 15) is 0 Å². The van der Waals surface area contributed by atoms with E-state index in [1.54, 1.807) is 28.9 Å². The molecule has 0 bridgehead atoms. The molecule has 124 valence electrons. The summed E-state index contributed by atoms with van der Waals surface area (Å²) >= 11 is 3.20. The lowest BCUT2D eigenvalue weighted by atomic mass is 10.1. The van der Waals surface area contributed by atoms with Gasteiger partial charge in [-0.1, -0.05) is 0 Å². The highest BCUT2D eigenvalue weighted by Crippen LogP contribution is 2.28. The van der Waals surface area contributed by atoms with E-state index in [0.29, 0.717) is 11.3 Å². The molecule has 4 rings (SSSR count). The molecule has 0 amide bonds. The van der Waals surface area contributed by atoms with Crippen LogP contribution in [-0.2, 0) is 0 Å². The number of hydrogen-bond donors (Lipinski definition) is 2. The molecular weight excluding hydrogens is 350 g/mol. The van der Waals surface area contributed by atoms with Gasteiger partial charge in [0.05, 0.1) is 16.8 Å². The topological polar surface area (TPSA) is 80.1 Å². The van der Waals surface area contributed by atoms with Gasteiger partial charge in [0, 0.05) is 40.0 Å². The molecule has 0 saturated carbocycles. The molecule has 0 fully saturated rings. The number of thiazole rings is 1. The van der Waals surface area contributed by atoms with Crippen molar-refractivity contribution in [3.8, 4) is 10.7 Å². The zero-order valence-electron chi connectivity index (χ0n) is 13.4. The fourth-order valence-electron chi connectivity index (χ4n) is 2.68. The van der Waals surface area contributed by atoms with Crippen molar-refractivity contribution < 1.29 is 0 Å². The Kier molecular flexibility index (Phi) is 3.95. The van der Waals surface area contributed by atoms with Gasteiger partial charge in [-0.15, -0.1) is 22.7 Å². The number of allylic oxidation sites excluding steroid dienone is 1. The van der Waals surface area contributed by atoms with Crippen LogP contribution in [0, 0.1) is 12.3 Å². The number of nitrogens with one attached hydrogen (secondary N) is 1. The van der Waals surface area contributed by atoms with Crippen molar-refractivity contribution in [2.24, 2.45) is 5.73 Å². The summed E-state index contributed by atoms with van der Waals surface area (Å²) in [6, 6.07) is 7.91. The molecule has 4 heterocycles. The first-order chi connectivity index (χ1) is 12.2. The van der Waals surface area contributed by atoms with Crippen LogP contribution >= 0.6 is 22.7 Å². The predicted octanol–water partition coefficient (Wildman–Crippen LogP) is 4.30. The third-order valence-corrected chi connectivity index (χ3v) is 5.74. The number of nitrogens with zero attached hydrogens (tertiary/aromatic N) is 3. The van der Waals surface area contributed by atoms with Gasteiger partial charge < -0.3 is 11.1 Å². The molecule has 7 heteroatoms. The second-order valence-corrected chi connectivity index (χ2v) is 7.69. The Morgan fingerprint density at radius 3 is 2.80 bits per heavy atom. The van der Waals surface area contributed by atoms with Crippen LogP contribution in [0.1, 0.15) is 15.3 Å². The first kappa shape index (κ1) is 15.7. The summed E-state index contributed by atoms with van der Waals surface area (Å²) in [4.78, 5) is 11.0. The molecule has 5 nitrogen and oxygen atoms in total. The maximum absolute atomic E-state index is 7.85. The summed E-state index contributed by atoms with van der Waals surface area (Å²) in [6.07, 6.45) is 6.87. The lowest BCUT2D eigenvalue weighted by molar-refractivity contribution is 1.17. The number of thiophene rings is 1. The lowest BCUT2D eigenvalue weighted by Crippen LogP contribution is -2.02. The Morgan fingerprint density at radius 2 is 2.12 bits per heavy atom. The Balaban J connectivity index is 1.88. The van der Waals surface area contributed by atoms with Crippen LogP contribution in [0.15, 0.2) is 48.2 Å². The van der Waals surface area contributed by atoms with E-state index in [4.69, 9.17) is 11.1 Å². The first-order valence-electron chi connectivity index (χ1n) is 7.62. The van der Waals surface area contributed by atoms with Gasteiger partial charge in [-0.2, -0.15) is 0 Å². The molecule has 0 aromatic carbocycles. The number of hydrogen-bond acceptors (Lipinski definition) is 6. The molecule has 4 aromatic heterocycles. The van der Waals surface area contributed by atoms with Crippen LogP contribution in [0.25, 0.3) is 27.6 Å².